The van der Waals surface area contributed by atoms with E-state index >= 15 is 0 Å². The molecule has 108 valence electrons. The van der Waals surface area contributed by atoms with Crippen LogP contribution in [0.15, 0.2) is 10.6 Å². The van der Waals surface area contributed by atoms with Crippen LogP contribution in [-0.2, 0) is 6.42 Å². The Hall–Kier alpha value is -0.830. The zero-order valence-electron chi connectivity index (χ0n) is 12.3. The lowest BCUT2D eigenvalue weighted by Gasteiger charge is -2.16. The Kier molecular flexibility index (Phi) is 6.42. The van der Waals surface area contributed by atoms with Crippen molar-refractivity contribution in [1.29, 1.82) is 0 Å². The zero-order chi connectivity index (χ0) is 13.3. The lowest BCUT2D eigenvalue weighted by Crippen LogP contribution is -2.14. The molecule has 1 aliphatic carbocycles. The highest BCUT2D eigenvalue weighted by molar-refractivity contribution is 5.02. The van der Waals surface area contributed by atoms with Gasteiger partial charge in [0.05, 0.1) is 6.20 Å². The second kappa shape index (κ2) is 8.36. The molecule has 2 rings (SSSR count). The molecule has 0 spiro atoms. The van der Waals surface area contributed by atoms with Crippen molar-refractivity contribution in [3.05, 3.63) is 17.8 Å². The summed E-state index contributed by atoms with van der Waals surface area (Å²) in [7, 11) is 0. The van der Waals surface area contributed by atoms with Gasteiger partial charge in [-0.05, 0) is 32.4 Å². The molecule has 1 aliphatic rings. The highest BCUT2D eigenvalue weighted by Gasteiger charge is 2.17. The maximum Gasteiger partial charge on any atom is 0.194 e. The molecule has 0 amide bonds. The lowest BCUT2D eigenvalue weighted by atomic mass is 9.90. The SMILES string of the molecule is CCNCCCc1ncc(C2CCCCCCC2)o1. The minimum absolute atomic E-state index is 0.621. The maximum absolute atomic E-state index is 5.96. The Labute approximate surface area is 117 Å². The Morgan fingerprint density at radius 2 is 1.95 bits per heavy atom. The van der Waals surface area contributed by atoms with Gasteiger partial charge in [0, 0.05) is 12.3 Å². The summed E-state index contributed by atoms with van der Waals surface area (Å²) < 4.78 is 5.96. The van der Waals surface area contributed by atoms with Gasteiger partial charge in [0.1, 0.15) is 5.76 Å². The summed E-state index contributed by atoms with van der Waals surface area (Å²) in [4.78, 5) is 4.45. The number of rotatable bonds is 6. The molecule has 1 N–H and O–H groups in total. The van der Waals surface area contributed by atoms with Crippen LogP contribution in [0.1, 0.15) is 75.9 Å². The topological polar surface area (TPSA) is 38.1 Å². The smallest absolute Gasteiger partial charge is 0.194 e. The third-order valence-corrected chi connectivity index (χ3v) is 4.07. The first-order valence-electron chi connectivity index (χ1n) is 8.05. The van der Waals surface area contributed by atoms with Crippen LogP contribution in [0.4, 0.5) is 0 Å². The summed E-state index contributed by atoms with van der Waals surface area (Å²) in [6.07, 6.45) is 13.5. The van der Waals surface area contributed by atoms with Crippen LogP contribution < -0.4 is 5.32 Å². The second-order valence-electron chi connectivity index (χ2n) is 5.66. The van der Waals surface area contributed by atoms with Crippen molar-refractivity contribution in [3.8, 4) is 0 Å². The van der Waals surface area contributed by atoms with Gasteiger partial charge in [-0.1, -0.05) is 39.0 Å². The van der Waals surface area contributed by atoms with E-state index in [2.05, 4.69) is 17.2 Å². The van der Waals surface area contributed by atoms with Crippen LogP contribution in [0.2, 0.25) is 0 Å². The molecule has 1 saturated carbocycles. The number of aryl methyl sites for hydroxylation is 1. The summed E-state index contributed by atoms with van der Waals surface area (Å²) >= 11 is 0. The van der Waals surface area contributed by atoms with Gasteiger partial charge in [-0.25, -0.2) is 4.98 Å². The standard InChI is InChI=1S/C16H28N2O/c1-2-17-12-8-11-16-18-13-15(19-16)14-9-6-4-3-5-7-10-14/h13-14,17H,2-12H2,1H3. The molecule has 0 unspecified atom stereocenters. The Morgan fingerprint density at radius 3 is 2.68 bits per heavy atom. The van der Waals surface area contributed by atoms with Crippen LogP contribution in [0, 0.1) is 0 Å². The van der Waals surface area contributed by atoms with E-state index < -0.39 is 0 Å². The van der Waals surface area contributed by atoms with Gasteiger partial charge >= 0.3 is 0 Å². The molecule has 0 aliphatic heterocycles. The van der Waals surface area contributed by atoms with Crippen molar-refractivity contribution in [3.63, 3.8) is 0 Å². The fourth-order valence-electron chi connectivity index (χ4n) is 2.91. The van der Waals surface area contributed by atoms with E-state index in [1.165, 1.54) is 44.9 Å². The molecule has 1 aromatic heterocycles. The molecule has 1 aromatic rings. The Balaban J connectivity index is 1.81. The van der Waals surface area contributed by atoms with Crippen LogP contribution in [0.25, 0.3) is 0 Å². The number of nitrogens with one attached hydrogen (secondary N) is 1. The number of aromatic nitrogens is 1. The number of oxazole rings is 1. The molecule has 0 aromatic carbocycles. The summed E-state index contributed by atoms with van der Waals surface area (Å²) in [5.41, 5.74) is 0. The van der Waals surface area contributed by atoms with Gasteiger partial charge in [-0.15, -0.1) is 0 Å². The van der Waals surface area contributed by atoms with Crippen molar-refractivity contribution in [2.24, 2.45) is 0 Å². The minimum atomic E-state index is 0.621. The van der Waals surface area contributed by atoms with Gasteiger partial charge in [0.15, 0.2) is 5.89 Å². The largest absolute Gasteiger partial charge is 0.445 e. The van der Waals surface area contributed by atoms with Crippen molar-refractivity contribution in [2.45, 2.75) is 70.6 Å². The molecular weight excluding hydrogens is 236 g/mol. The van der Waals surface area contributed by atoms with Crippen molar-refractivity contribution in [2.75, 3.05) is 13.1 Å². The number of hydrogen-bond donors (Lipinski definition) is 1. The van der Waals surface area contributed by atoms with Crippen LogP contribution >= 0.6 is 0 Å². The average Bonchev–Trinajstić information content (AvgIpc) is 2.83. The van der Waals surface area contributed by atoms with Gasteiger partial charge < -0.3 is 9.73 Å². The molecule has 3 nitrogen and oxygen atoms in total. The van der Waals surface area contributed by atoms with Crippen molar-refractivity contribution < 1.29 is 4.42 Å². The van der Waals surface area contributed by atoms with E-state index in [0.717, 1.165) is 37.6 Å². The van der Waals surface area contributed by atoms with Gasteiger partial charge in [-0.3, -0.25) is 0 Å². The maximum atomic E-state index is 5.96. The second-order valence-corrected chi connectivity index (χ2v) is 5.66. The summed E-state index contributed by atoms with van der Waals surface area (Å²) in [6, 6.07) is 0. The molecular formula is C16H28N2O. The highest BCUT2D eigenvalue weighted by Crippen LogP contribution is 2.31. The molecule has 0 atom stereocenters. The zero-order valence-corrected chi connectivity index (χ0v) is 12.3. The third kappa shape index (κ3) is 4.98. The first kappa shape index (κ1) is 14.6. The molecule has 0 radical (unpaired) electrons. The van der Waals surface area contributed by atoms with E-state index in [-0.39, 0.29) is 0 Å². The van der Waals surface area contributed by atoms with Crippen LogP contribution in [0.5, 0.6) is 0 Å². The van der Waals surface area contributed by atoms with E-state index in [1.54, 1.807) is 0 Å². The first-order valence-corrected chi connectivity index (χ1v) is 8.05. The molecule has 1 fully saturated rings. The quantitative estimate of drug-likeness (QED) is 0.788. The van der Waals surface area contributed by atoms with Crippen molar-refractivity contribution >= 4 is 0 Å². The van der Waals surface area contributed by atoms with E-state index in [0.29, 0.717) is 5.92 Å². The van der Waals surface area contributed by atoms with Crippen LogP contribution in [-0.4, -0.2) is 18.1 Å². The van der Waals surface area contributed by atoms with E-state index in [9.17, 15) is 0 Å². The third-order valence-electron chi connectivity index (χ3n) is 4.07. The van der Waals surface area contributed by atoms with E-state index in [4.69, 9.17) is 4.42 Å². The normalized spacial score (nSPS) is 18.2. The summed E-state index contributed by atoms with van der Waals surface area (Å²) in [5, 5.41) is 3.33. The molecule has 0 bridgehead atoms. The highest BCUT2D eigenvalue weighted by atomic mass is 16.4. The Morgan fingerprint density at radius 1 is 1.21 bits per heavy atom. The van der Waals surface area contributed by atoms with Crippen molar-refractivity contribution in [1.82, 2.24) is 10.3 Å². The minimum Gasteiger partial charge on any atom is -0.445 e. The summed E-state index contributed by atoms with van der Waals surface area (Å²) in [5.74, 6) is 2.69. The summed E-state index contributed by atoms with van der Waals surface area (Å²) in [6.45, 7) is 4.23. The number of hydrogen-bond acceptors (Lipinski definition) is 3. The fraction of sp³-hybridized carbons (Fsp3) is 0.812. The van der Waals surface area contributed by atoms with Gasteiger partial charge in [0.2, 0.25) is 0 Å². The molecule has 19 heavy (non-hydrogen) atoms. The fourth-order valence-corrected chi connectivity index (χ4v) is 2.91. The molecule has 3 heteroatoms. The van der Waals surface area contributed by atoms with Crippen LogP contribution in [0.3, 0.4) is 0 Å². The van der Waals surface area contributed by atoms with Gasteiger partial charge in [-0.2, -0.15) is 0 Å². The predicted molar refractivity (Wildman–Crippen MR) is 78.4 cm³/mol. The first-order chi connectivity index (χ1) is 9.40. The monoisotopic (exact) mass is 264 g/mol. The Bertz CT molecular complexity index is 340. The van der Waals surface area contributed by atoms with Gasteiger partial charge in [0.25, 0.3) is 0 Å². The number of nitrogens with zero attached hydrogens (tertiary/aromatic N) is 1. The van der Waals surface area contributed by atoms with E-state index in [1.807, 2.05) is 6.20 Å². The molecule has 1 heterocycles. The lowest BCUT2D eigenvalue weighted by molar-refractivity contribution is 0.369. The molecule has 0 saturated heterocycles. The average molecular weight is 264 g/mol. The predicted octanol–water partition coefficient (Wildman–Crippen LogP) is 4.04.